The highest BCUT2D eigenvalue weighted by Gasteiger charge is 2.20. The highest BCUT2D eigenvalue weighted by atomic mass is 16.4. The summed E-state index contributed by atoms with van der Waals surface area (Å²) in [4.78, 5) is 33.3. The van der Waals surface area contributed by atoms with E-state index in [2.05, 4.69) is 21.8 Å². The van der Waals surface area contributed by atoms with E-state index in [1.807, 2.05) is 6.07 Å². The number of piperazine rings is 1. The Morgan fingerprint density at radius 1 is 1.04 bits per heavy atom. The summed E-state index contributed by atoms with van der Waals surface area (Å²) in [6.45, 7) is 3.77. The van der Waals surface area contributed by atoms with Crippen LogP contribution >= 0.6 is 0 Å². The molecule has 138 valence electrons. The molecule has 1 fully saturated rings. The van der Waals surface area contributed by atoms with Gasteiger partial charge in [0.15, 0.2) is 0 Å². The lowest BCUT2D eigenvalue weighted by Crippen LogP contribution is -2.44. The molecular formula is C20H20N4O3. The molecule has 0 spiro atoms. The number of carbonyl (C=O) groups is 2. The molecule has 27 heavy (non-hydrogen) atoms. The largest absolute Gasteiger partial charge is 0.478 e. The van der Waals surface area contributed by atoms with Gasteiger partial charge in [-0.05, 0) is 25.2 Å². The lowest BCUT2D eigenvalue weighted by molar-refractivity contribution is 0.0699. The fraction of sp³-hybridized carbons (Fsp3) is 0.250. The van der Waals surface area contributed by atoms with E-state index in [0.29, 0.717) is 16.5 Å². The average molecular weight is 364 g/mol. The van der Waals surface area contributed by atoms with E-state index in [1.165, 1.54) is 10.8 Å². The number of carboxylic acids is 1. The van der Waals surface area contributed by atoms with Gasteiger partial charge in [0.25, 0.3) is 5.91 Å². The van der Waals surface area contributed by atoms with Gasteiger partial charge in [0.05, 0.1) is 16.6 Å². The molecule has 0 atom stereocenters. The molecule has 2 aromatic heterocycles. The van der Waals surface area contributed by atoms with E-state index >= 15 is 0 Å². The number of benzene rings is 1. The van der Waals surface area contributed by atoms with Crippen molar-refractivity contribution >= 4 is 28.6 Å². The highest BCUT2D eigenvalue weighted by Crippen LogP contribution is 2.23. The SMILES string of the molecule is CN1CCN(c2ccc(C(=O)n3cc(C(=O)O)c4ccccc43)cn2)CC1. The standard InChI is InChI=1S/C20H20N4O3/c1-22-8-10-23(11-9-22)18-7-6-14(12-21-18)19(25)24-13-16(20(26)27)15-4-2-3-5-17(15)24/h2-7,12-13H,8-11H2,1H3,(H,26,27). The summed E-state index contributed by atoms with van der Waals surface area (Å²) >= 11 is 0. The maximum atomic E-state index is 12.9. The van der Waals surface area contributed by atoms with Crippen molar-refractivity contribution < 1.29 is 14.7 Å². The Hall–Kier alpha value is -3.19. The van der Waals surface area contributed by atoms with Crippen molar-refractivity contribution in [3.8, 4) is 0 Å². The first-order valence-corrected chi connectivity index (χ1v) is 8.82. The number of fused-ring (bicyclic) bond motifs is 1. The quantitative estimate of drug-likeness (QED) is 0.767. The van der Waals surface area contributed by atoms with E-state index in [9.17, 15) is 14.7 Å². The molecule has 3 heterocycles. The second-order valence-electron chi connectivity index (χ2n) is 6.74. The first-order valence-electron chi connectivity index (χ1n) is 8.82. The Morgan fingerprint density at radius 2 is 1.78 bits per heavy atom. The van der Waals surface area contributed by atoms with Gasteiger partial charge in [-0.15, -0.1) is 0 Å². The van der Waals surface area contributed by atoms with E-state index in [-0.39, 0.29) is 11.5 Å². The minimum atomic E-state index is -1.05. The van der Waals surface area contributed by atoms with E-state index < -0.39 is 5.97 Å². The first-order chi connectivity index (χ1) is 13.0. The first kappa shape index (κ1) is 17.2. The van der Waals surface area contributed by atoms with Crippen LogP contribution in [0.25, 0.3) is 10.9 Å². The molecule has 1 N–H and O–H groups in total. The lowest BCUT2D eigenvalue weighted by Gasteiger charge is -2.33. The molecule has 3 aromatic rings. The Labute approximate surface area is 156 Å². The number of aromatic nitrogens is 2. The van der Waals surface area contributed by atoms with Crippen molar-refractivity contribution in [1.82, 2.24) is 14.5 Å². The van der Waals surface area contributed by atoms with E-state index in [4.69, 9.17) is 0 Å². The van der Waals surface area contributed by atoms with Crippen LogP contribution in [0, 0.1) is 0 Å². The Balaban J connectivity index is 1.64. The summed E-state index contributed by atoms with van der Waals surface area (Å²) in [5.74, 6) is -0.499. The van der Waals surface area contributed by atoms with Gasteiger partial charge < -0.3 is 14.9 Å². The number of likely N-dealkylation sites (N-methyl/N-ethyl adjacent to an activating group) is 1. The van der Waals surface area contributed by atoms with Gasteiger partial charge in [-0.3, -0.25) is 9.36 Å². The van der Waals surface area contributed by atoms with Crippen molar-refractivity contribution in [3.63, 3.8) is 0 Å². The van der Waals surface area contributed by atoms with Gasteiger partial charge in [0.2, 0.25) is 0 Å². The second kappa shape index (κ2) is 6.85. The van der Waals surface area contributed by atoms with Crippen LogP contribution in [-0.2, 0) is 0 Å². The highest BCUT2D eigenvalue weighted by molar-refractivity contribution is 6.09. The summed E-state index contributed by atoms with van der Waals surface area (Å²) in [6.07, 6.45) is 2.94. The molecule has 7 nitrogen and oxygen atoms in total. The number of anilines is 1. The number of rotatable bonds is 3. The number of carbonyl (C=O) groups excluding carboxylic acids is 1. The van der Waals surface area contributed by atoms with E-state index in [0.717, 1.165) is 32.0 Å². The molecule has 0 radical (unpaired) electrons. The molecule has 1 aliphatic rings. The average Bonchev–Trinajstić information content (AvgIpc) is 3.08. The topological polar surface area (TPSA) is 78.7 Å². The zero-order chi connectivity index (χ0) is 19.0. The number of aromatic carboxylic acids is 1. The predicted molar refractivity (Wildman–Crippen MR) is 103 cm³/mol. The van der Waals surface area contributed by atoms with Crippen LogP contribution in [-0.4, -0.2) is 64.7 Å². The third-order valence-corrected chi connectivity index (χ3v) is 4.98. The minimum Gasteiger partial charge on any atom is -0.478 e. The fourth-order valence-corrected chi connectivity index (χ4v) is 3.39. The van der Waals surface area contributed by atoms with Crippen molar-refractivity contribution in [1.29, 1.82) is 0 Å². The van der Waals surface area contributed by atoms with Crippen LogP contribution in [0.15, 0.2) is 48.8 Å². The summed E-state index contributed by atoms with van der Waals surface area (Å²) in [5, 5.41) is 9.94. The number of pyridine rings is 1. The molecule has 1 aromatic carbocycles. The summed E-state index contributed by atoms with van der Waals surface area (Å²) in [5.41, 5.74) is 1.11. The summed E-state index contributed by atoms with van der Waals surface area (Å²) in [7, 11) is 2.10. The van der Waals surface area contributed by atoms with Crippen molar-refractivity contribution in [2.24, 2.45) is 0 Å². The monoisotopic (exact) mass is 364 g/mol. The molecule has 0 aliphatic carbocycles. The Morgan fingerprint density at radius 3 is 2.44 bits per heavy atom. The molecule has 4 rings (SSSR count). The van der Waals surface area contributed by atoms with Gasteiger partial charge in [0, 0.05) is 44.0 Å². The zero-order valence-corrected chi connectivity index (χ0v) is 15.0. The molecular weight excluding hydrogens is 344 g/mol. The van der Waals surface area contributed by atoms with Crippen LogP contribution in [0.2, 0.25) is 0 Å². The number of hydrogen-bond acceptors (Lipinski definition) is 5. The van der Waals surface area contributed by atoms with Crippen LogP contribution < -0.4 is 4.90 Å². The Bertz CT molecular complexity index is 1000. The van der Waals surface area contributed by atoms with Crippen molar-refractivity contribution in [3.05, 3.63) is 59.9 Å². The van der Waals surface area contributed by atoms with Gasteiger partial charge in [0.1, 0.15) is 5.82 Å². The van der Waals surface area contributed by atoms with Gasteiger partial charge in [-0.25, -0.2) is 9.78 Å². The molecule has 0 unspecified atom stereocenters. The number of carboxylic acid groups (broad SMARTS) is 1. The molecule has 0 saturated carbocycles. The van der Waals surface area contributed by atoms with Crippen LogP contribution in [0.3, 0.4) is 0 Å². The number of nitrogens with zero attached hydrogens (tertiary/aromatic N) is 4. The maximum Gasteiger partial charge on any atom is 0.337 e. The fourth-order valence-electron chi connectivity index (χ4n) is 3.39. The maximum absolute atomic E-state index is 12.9. The molecule has 0 bridgehead atoms. The minimum absolute atomic E-state index is 0.112. The zero-order valence-electron chi connectivity index (χ0n) is 15.0. The molecule has 0 amide bonds. The summed E-state index contributed by atoms with van der Waals surface area (Å²) in [6, 6.07) is 10.6. The van der Waals surface area contributed by atoms with E-state index in [1.54, 1.807) is 36.5 Å². The molecule has 1 aliphatic heterocycles. The molecule has 1 saturated heterocycles. The third kappa shape index (κ3) is 3.17. The number of hydrogen-bond donors (Lipinski definition) is 1. The molecule has 7 heteroatoms. The summed E-state index contributed by atoms with van der Waals surface area (Å²) < 4.78 is 1.38. The predicted octanol–water partition coefficient (Wildman–Crippen LogP) is 2.17. The van der Waals surface area contributed by atoms with Gasteiger partial charge >= 0.3 is 5.97 Å². The van der Waals surface area contributed by atoms with Crippen LogP contribution in [0.4, 0.5) is 5.82 Å². The van der Waals surface area contributed by atoms with Crippen LogP contribution in [0.5, 0.6) is 0 Å². The lowest BCUT2D eigenvalue weighted by atomic mass is 10.2. The number of para-hydroxylation sites is 1. The third-order valence-electron chi connectivity index (χ3n) is 4.98. The Kier molecular flexibility index (Phi) is 4.37. The second-order valence-corrected chi connectivity index (χ2v) is 6.74. The smallest absolute Gasteiger partial charge is 0.337 e. The van der Waals surface area contributed by atoms with Gasteiger partial charge in [-0.1, -0.05) is 18.2 Å². The normalized spacial score (nSPS) is 15.2. The van der Waals surface area contributed by atoms with Crippen molar-refractivity contribution in [2.45, 2.75) is 0 Å². The van der Waals surface area contributed by atoms with Gasteiger partial charge in [-0.2, -0.15) is 0 Å². The van der Waals surface area contributed by atoms with Crippen LogP contribution in [0.1, 0.15) is 20.7 Å². The van der Waals surface area contributed by atoms with Crippen molar-refractivity contribution in [2.75, 3.05) is 38.1 Å².